The van der Waals surface area contributed by atoms with E-state index in [-0.39, 0.29) is 16.2 Å². The Balaban J connectivity index is 1.78. The van der Waals surface area contributed by atoms with Crippen molar-refractivity contribution in [3.8, 4) is 0 Å². The molecule has 116 valence electrons. The summed E-state index contributed by atoms with van der Waals surface area (Å²) in [5, 5.41) is 9.54. The molecule has 1 aliphatic carbocycles. The van der Waals surface area contributed by atoms with Crippen molar-refractivity contribution in [2.45, 2.75) is 30.0 Å². The number of rotatable bonds is 3. The van der Waals surface area contributed by atoms with Gasteiger partial charge in [-0.05, 0) is 37.0 Å². The highest BCUT2D eigenvalue weighted by atomic mass is 32.2. The number of aryl methyl sites for hydroxylation is 2. The summed E-state index contributed by atoms with van der Waals surface area (Å²) in [6.07, 6.45) is 1.80. The number of benzene rings is 1. The quantitative estimate of drug-likeness (QED) is 0.900. The van der Waals surface area contributed by atoms with Crippen LogP contribution in [-0.4, -0.2) is 14.3 Å². The van der Waals surface area contributed by atoms with Gasteiger partial charge in [-0.25, -0.2) is 13.6 Å². The van der Waals surface area contributed by atoms with E-state index in [0.29, 0.717) is 5.56 Å². The Morgan fingerprint density at radius 2 is 2.14 bits per heavy atom. The monoisotopic (exact) mass is 336 g/mol. The third-order valence-electron chi connectivity index (χ3n) is 3.80. The molecule has 0 spiro atoms. The lowest BCUT2D eigenvalue weighted by Gasteiger charge is -2.13. The summed E-state index contributed by atoms with van der Waals surface area (Å²) in [6.45, 7) is 2.05. The molecule has 7 heteroatoms. The van der Waals surface area contributed by atoms with E-state index in [4.69, 9.17) is 5.14 Å². The lowest BCUT2D eigenvalue weighted by Crippen LogP contribution is -2.26. The molecular weight excluding hydrogens is 320 g/mol. The minimum Gasteiger partial charge on any atom is -0.345 e. The predicted molar refractivity (Wildman–Crippen MR) is 85.4 cm³/mol. The third kappa shape index (κ3) is 2.92. The number of thiophene rings is 1. The van der Waals surface area contributed by atoms with Crippen molar-refractivity contribution in [2.75, 3.05) is 0 Å². The van der Waals surface area contributed by atoms with Gasteiger partial charge in [-0.2, -0.15) is 0 Å². The number of carbonyl (C=O) groups is 1. The number of hydrogen-bond acceptors (Lipinski definition) is 4. The summed E-state index contributed by atoms with van der Waals surface area (Å²) >= 11 is 0.956. The average Bonchev–Trinajstić information content (AvgIpc) is 3.05. The van der Waals surface area contributed by atoms with E-state index in [9.17, 15) is 13.2 Å². The Hall–Kier alpha value is -1.70. The molecule has 3 N–H and O–H groups in total. The summed E-state index contributed by atoms with van der Waals surface area (Å²) < 4.78 is 22.5. The van der Waals surface area contributed by atoms with Crippen molar-refractivity contribution in [1.82, 2.24) is 5.32 Å². The summed E-state index contributed by atoms with van der Waals surface area (Å²) in [5.41, 5.74) is 3.94. The van der Waals surface area contributed by atoms with Crippen LogP contribution >= 0.6 is 11.3 Å². The molecule has 0 bridgehead atoms. The number of primary sulfonamides is 1. The molecule has 22 heavy (non-hydrogen) atoms. The van der Waals surface area contributed by atoms with Gasteiger partial charge < -0.3 is 5.32 Å². The van der Waals surface area contributed by atoms with E-state index in [0.717, 1.165) is 29.7 Å². The maximum atomic E-state index is 12.3. The fourth-order valence-corrected chi connectivity index (χ4v) is 4.31. The molecule has 1 amide bonds. The molecule has 1 atom stereocenters. The van der Waals surface area contributed by atoms with E-state index < -0.39 is 10.0 Å². The molecular formula is C15H16N2O3S2. The first-order valence-electron chi connectivity index (χ1n) is 6.86. The van der Waals surface area contributed by atoms with Crippen LogP contribution in [0.1, 0.15) is 39.5 Å². The maximum absolute atomic E-state index is 12.3. The highest BCUT2D eigenvalue weighted by Crippen LogP contribution is 2.32. The van der Waals surface area contributed by atoms with Crippen molar-refractivity contribution in [2.24, 2.45) is 5.14 Å². The Morgan fingerprint density at radius 1 is 1.36 bits per heavy atom. The van der Waals surface area contributed by atoms with Crippen molar-refractivity contribution < 1.29 is 13.2 Å². The number of nitrogens with one attached hydrogen (secondary N) is 1. The second-order valence-corrected chi connectivity index (χ2v) is 8.17. The molecule has 0 saturated heterocycles. The summed E-state index contributed by atoms with van der Waals surface area (Å²) in [6, 6.07) is 7.52. The molecule has 2 aromatic rings. The Labute approximate surface area is 133 Å². The Bertz CT molecular complexity index is 840. The zero-order valence-corrected chi connectivity index (χ0v) is 13.6. The van der Waals surface area contributed by atoms with E-state index in [1.54, 1.807) is 0 Å². The fraction of sp³-hybridized carbons (Fsp3) is 0.267. The van der Waals surface area contributed by atoms with E-state index in [2.05, 4.69) is 11.4 Å². The van der Waals surface area contributed by atoms with Gasteiger partial charge in [-0.15, -0.1) is 11.3 Å². The second-order valence-electron chi connectivity index (χ2n) is 5.47. The van der Waals surface area contributed by atoms with Gasteiger partial charge >= 0.3 is 0 Å². The van der Waals surface area contributed by atoms with Crippen LogP contribution in [0.5, 0.6) is 0 Å². The van der Waals surface area contributed by atoms with Crippen LogP contribution < -0.4 is 10.5 Å². The molecule has 0 unspecified atom stereocenters. The molecule has 0 radical (unpaired) electrons. The van der Waals surface area contributed by atoms with Crippen LogP contribution in [0.3, 0.4) is 0 Å². The van der Waals surface area contributed by atoms with Crippen LogP contribution in [0.4, 0.5) is 0 Å². The number of nitrogens with two attached hydrogens (primary N) is 1. The maximum Gasteiger partial charge on any atom is 0.252 e. The molecule has 1 aromatic carbocycles. The number of carbonyl (C=O) groups excluding carboxylic acids is 1. The van der Waals surface area contributed by atoms with Gasteiger partial charge in [0.15, 0.2) is 0 Å². The molecule has 0 aliphatic heterocycles. The van der Waals surface area contributed by atoms with E-state index in [1.165, 1.54) is 22.6 Å². The van der Waals surface area contributed by atoms with Crippen LogP contribution in [0.2, 0.25) is 0 Å². The van der Waals surface area contributed by atoms with Crippen molar-refractivity contribution in [1.29, 1.82) is 0 Å². The highest BCUT2D eigenvalue weighted by molar-refractivity contribution is 7.91. The summed E-state index contributed by atoms with van der Waals surface area (Å²) in [7, 11) is -3.76. The van der Waals surface area contributed by atoms with Gasteiger partial charge in [-0.1, -0.05) is 23.8 Å². The molecule has 0 fully saturated rings. The van der Waals surface area contributed by atoms with E-state index in [1.807, 2.05) is 19.1 Å². The zero-order chi connectivity index (χ0) is 15.9. The molecule has 1 aliphatic rings. The standard InChI is InChI=1S/C15H16N2O3S2/c1-9-2-4-12-10(6-9)3-5-13(12)17-15(18)11-7-14(21-8-11)22(16,19)20/h2,4,6-8,13H,3,5H2,1H3,(H,17,18)(H2,16,19,20)/t13-/m1/s1. The van der Waals surface area contributed by atoms with Gasteiger partial charge in [0.1, 0.15) is 4.21 Å². The van der Waals surface area contributed by atoms with Gasteiger partial charge in [-0.3, -0.25) is 4.79 Å². The first kappa shape index (κ1) is 15.2. The predicted octanol–water partition coefficient (Wildman–Crippen LogP) is 2.12. The fourth-order valence-electron chi connectivity index (χ4n) is 2.72. The second kappa shape index (κ2) is 5.49. The molecule has 5 nitrogen and oxygen atoms in total. The third-order valence-corrected chi connectivity index (χ3v) is 6.19. The normalized spacial score (nSPS) is 17.3. The lowest BCUT2D eigenvalue weighted by molar-refractivity contribution is 0.0937. The smallest absolute Gasteiger partial charge is 0.252 e. The zero-order valence-electron chi connectivity index (χ0n) is 12.0. The van der Waals surface area contributed by atoms with Gasteiger partial charge in [0.2, 0.25) is 10.0 Å². The Kier molecular flexibility index (Phi) is 3.80. The van der Waals surface area contributed by atoms with Gasteiger partial charge in [0.05, 0.1) is 11.6 Å². The number of amides is 1. The van der Waals surface area contributed by atoms with Crippen LogP contribution in [0.15, 0.2) is 33.9 Å². The SMILES string of the molecule is Cc1ccc2c(c1)CC[C@H]2NC(=O)c1csc(S(N)(=O)=O)c1. The first-order valence-corrected chi connectivity index (χ1v) is 9.29. The molecule has 3 rings (SSSR count). The Morgan fingerprint density at radius 3 is 2.82 bits per heavy atom. The summed E-state index contributed by atoms with van der Waals surface area (Å²) in [5.74, 6) is -0.274. The summed E-state index contributed by atoms with van der Waals surface area (Å²) in [4.78, 5) is 12.3. The molecule has 1 aromatic heterocycles. The lowest BCUT2D eigenvalue weighted by atomic mass is 10.1. The van der Waals surface area contributed by atoms with Crippen molar-refractivity contribution >= 4 is 27.3 Å². The number of hydrogen-bond donors (Lipinski definition) is 2. The number of fused-ring (bicyclic) bond motifs is 1. The minimum absolute atomic E-state index is 0.0000897. The van der Waals surface area contributed by atoms with Crippen molar-refractivity contribution in [3.63, 3.8) is 0 Å². The van der Waals surface area contributed by atoms with Crippen LogP contribution in [-0.2, 0) is 16.4 Å². The van der Waals surface area contributed by atoms with Gasteiger partial charge in [0.25, 0.3) is 5.91 Å². The minimum atomic E-state index is -3.76. The van der Waals surface area contributed by atoms with E-state index >= 15 is 0 Å². The largest absolute Gasteiger partial charge is 0.345 e. The average molecular weight is 336 g/mol. The van der Waals surface area contributed by atoms with Crippen LogP contribution in [0, 0.1) is 6.92 Å². The van der Waals surface area contributed by atoms with Crippen molar-refractivity contribution in [3.05, 3.63) is 51.9 Å². The number of sulfonamides is 1. The van der Waals surface area contributed by atoms with Crippen LogP contribution in [0.25, 0.3) is 0 Å². The topological polar surface area (TPSA) is 89.3 Å². The molecule has 1 heterocycles. The molecule has 0 saturated carbocycles. The highest BCUT2D eigenvalue weighted by Gasteiger charge is 2.25. The first-order chi connectivity index (χ1) is 10.3. The van der Waals surface area contributed by atoms with Gasteiger partial charge in [0, 0.05) is 5.38 Å².